The molecule has 1 rings (SSSR count). The highest BCUT2D eigenvalue weighted by molar-refractivity contribution is 7.90. The molecular weight excluding hydrogens is 230 g/mol. The van der Waals surface area contributed by atoms with Crippen LogP contribution < -0.4 is 15.2 Å². The Labute approximate surface area is 95.0 Å². The smallest absolute Gasteiger partial charge is 0.300 e. The number of hydrogen-bond acceptors (Lipinski definition) is 4. The van der Waals surface area contributed by atoms with Gasteiger partial charge in [0.05, 0.1) is 6.20 Å². The molecule has 0 amide bonds. The van der Waals surface area contributed by atoms with E-state index in [1.54, 1.807) is 20.8 Å². The molecule has 1 heterocycles. The van der Waals surface area contributed by atoms with E-state index in [-0.39, 0.29) is 6.54 Å². The van der Waals surface area contributed by atoms with Crippen molar-refractivity contribution < 1.29 is 8.42 Å². The molecule has 0 aromatic carbocycles. The number of rotatable bonds is 4. The fraction of sp³-hybridized carbons (Fsp3) is 0.625. The van der Waals surface area contributed by atoms with E-state index in [1.807, 2.05) is 0 Å². The zero-order valence-electron chi connectivity index (χ0n) is 9.53. The van der Waals surface area contributed by atoms with Gasteiger partial charge in [0.15, 0.2) is 0 Å². The van der Waals surface area contributed by atoms with E-state index in [9.17, 15) is 8.42 Å². The number of nitrogens with one attached hydrogen (secondary N) is 3. The molecule has 92 valence electrons. The minimum absolute atomic E-state index is 0.212. The molecule has 0 aliphatic rings. The van der Waals surface area contributed by atoms with Crippen LogP contribution in [0.5, 0.6) is 0 Å². The Morgan fingerprint density at radius 3 is 2.62 bits per heavy atom. The molecule has 7 nitrogen and oxygen atoms in total. The lowest BCUT2D eigenvalue weighted by Gasteiger charge is -2.20. The lowest BCUT2D eigenvalue weighted by Crippen LogP contribution is -2.43. The molecule has 0 fully saturated rings. The van der Waals surface area contributed by atoms with E-state index >= 15 is 0 Å². The summed E-state index contributed by atoms with van der Waals surface area (Å²) >= 11 is 0. The first-order valence-corrected chi connectivity index (χ1v) is 6.26. The van der Waals surface area contributed by atoms with Gasteiger partial charge in [-0.3, -0.25) is 9.82 Å². The summed E-state index contributed by atoms with van der Waals surface area (Å²) in [7, 11) is -3.62. The highest BCUT2D eigenvalue weighted by Crippen LogP contribution is 2.12. The maximum absolute atomic E-state index is 11.7. The third-order valence-corrected chi connectivity index (χ3v) is 2.97. The third kappa shape index (κ3) is 3.80. The first-order chi connectivity index (χ1) is 7.23. The Balaban J connectivity index is 2.81. The molecule has 1 aromatic rings. The molecule has 8 heteroatoms. The van der Waals surface area contributed by atoms with Gasteiger partial charge < -0.3 is 5.73 Å². The van der Waals surface area contributed by atoms with Crippen LogP contribution in [-0.2, 0) is 16.8 Å². The number of aromatic nitrogens is 2. The molecule has 0 bridgehead atoms. The quantitative estimate of drug-likeness (QED) is 0.595. The monoisotopic (exact) mass is 247 g/mol. The van der Waals surface area contributed by atoms with Gasteiger partial charge in [-0.25, -0.2) is 0 Å². The molecular formula is C8H17N5O2S. The summed E-state index contributed by atoms with van der Waals surface area (Å²) in [5.74, 6) is 0.291. The Morgan fingerprint density at radius 1 is 1.50 bits per heavy atom. The topological polar surface area (TPSA) is 113 Å². The predicted octanol–water partition coefficient (Wildman–Crippen LogP) is -0.0868. The van der Waals surface area contributed by atoms with Crippen molar-refractivity contribution in [1.82, 2.24) is 14.9 Å². The van der Waals surface area contributed by atoms with Crippen LogP contribution in [0.25, 0.3) is 0 Å². The van der Waals surface area contributed by atoms with Crippen molar-refractivity contribution in [3.63, 3.8) is 0 Å². The molecule has 0 unspecified atom stereocenters. The van der Waals surface area contributed by atoms with Gasteiger partial charge in [-0.15, -0.1) is 0 Å². The van der Waals surface area contributed by atoms with Crippen LogP contribution in [0.1, 0.15) is 26.3 Å². The molecule has 0 saturated heterocycles. The van der Waals surface area contributed by atoms with Gasteiger partial charge in [-0.1, -0.05) is 0 Å². The highest BCUT2D eigenvalue weighted by atomic mass is 32.2. The lowest BCUT2D eigenvalue weighted by molar-refractivity contribution is 0.494. The van der Waals surface area contributed by atoms with Gasteiger partial charge in [0.25, 0.3) is 0 Å². The minimum Gasteiger partial charge on any atom is -0.326 e. The van der Waals surface area contributed by atoms with E-state index in [0.717, 1.165) is 0 Å². The average molecular weight is 247 g/mol. The second-order valence-corrected chi connectivity index (χ2v) is 5.85. The standard InChI is InChI=1S/C8H17N5O2S/c1-8(2,3)13-16(14,15)12-7-6(4-9)5-10-11-7/h5,13H,4,9H2,1-3H3,(H2,10,11,12). The van der Waals surface area contributed by atoms with Crippen molar-refractivity contribution in [2.45, 2.75) is 32.9 Å². The van der Waals surface area contributed by atoms with Gasteiger partial charge in [0, 0.05) is 17.6 Å². The first-order valence-electron chi connectivity index (χ1n) is 4.77. The highest BCUT2D eigenvalue weighted by Gasteiger charge is 2.20. The summed E-state index contributed by atoms with van der Waals surface area (Å²) in [4.78, 5) is 0. The van der Waals surface area contributed by atoms with Gasteiger partial charge in [0.2, 0.25) is 0 Å². The van der Waals surface area contributed by atoms with E-state index in [0.29, 0.717) is 11.4 Å². The number of aromatic amines is 1. The van der Waals surface area contributed by atoms with Crippen LogP contribution in [0.2, 0.25) is 0 Å². The zero-order valence-corrected chi connectivity index (χ0v) is 10.4. The average Bonchev–Trinajstić information content (AvgIpc) is 2.45. The van der Waals surface area contributed by atoms with Crippen molar-refractivity contribution in [2.75, 3.05) is 4.72 Å². The van der Waals surface area contributed by atoms with Crippen molar-refractivity contribution in [1.29, 1.82) is 0 Å². The van der Waals surface area contributed by atoms with Crippen molar-refractivity contribution >= 4 is 16.0 Å². The molecule has 0 aliphatic carbocycles. The third-order valence-electron chi connectivity index (χ3n) is 1.61. The van der Waals surface area contributed by atoms with E-state index in [2.05, 4.69) is 19.6 Å². The van der Waals surface area contributed by atoms with Gasteiger partial charge >= 0.3 is 10.2 Å². The molecule has 0 atom stereocenters. The molecule has 0 spiro atoms. The molecule has 0 saturated carbocycles. The number of nitrogens with zero attached hydrogens (tertiary/aromatic N) is 1. The normalized spacial score (nSPS) is 12.8. The van der Waals surface area contributed by atoms with Crippen LogP contribution in [0.15, 0.2) is 6.20 Å². The second-order valence-electron chi connectivity index (χ2n) is 4.43. The fourth-order valence-electron chi connectivity index (χ4n) is 1.12. The second kappa shape index (κ2) is 4.40. The maximum Gasteiger partial charge on any atom is 0.300 e. The maximum atomic E-state index is 11.7. The number of anilines is 1. The van der Waals surface area contributed by atoms with Crippen LogP contribution in [0.3, 0.4) is 0 Å². The van der Waals surface area contributed by atoms with Crippen molar-refractivity contribution in [2.24, 2.45) is 5.73 Å². The van der Waals surface area contributed by atoms with Crippen LogP contribution in [-0.4, -0.2) is 24.2 Å². The summed E-state index contributed by atoms with van der Waals surface area (Å²) in [6, 6.07) is 0. The Morgan fingerprint density at radius 2 is 2.12 bits per heavy atom. The SMILES string of the molecule is CC(C)(C)NS(=O)(=O)Nc1[nH]ncc1CN. The number of hydrogen-bond donors (Lipinski definition) is 4. The Bertz CT molecular complexity index is 445. The van der Waals surface area contributed by atoms with Crippen LogP contribution in [0, 0.1) is 0 Å². The van der Waals surface area contributed by atoms with Crippen molar-refractivity contribution in [3.05, 3.63) is 11.8 Å². The minimum atomic E-state index is -3.62. The van der Waals surface area contributed by atoms with Crippen LogP contribution >= 0.6 is 0 Å². The number of nitrogens with two attached hydrogens (primary N) is 1. The first kappa shape index (κ1) is 12.9. The van der Waals surface area contributed by atoms with E-state index in [1.165, 1.54) is 6.20 Å². The Kier molecular flexibility index (Phi) is 3.56. The van der Waals surface area contributed by atoms with Gasteiger partial charge in [-0.05, 0) is 20.8 Å². The molecule has 5 N–H and O–H groups in total. The zero-order chi connectivity index (χ0) is 12.4. The van der Waals surface area contributed by atoms with E-state index < -0.39 is 15.7 Å². The molecule has 16 heavy (non-hydrogen) atoms. The number of H-pyrrole nitrogens is 1. The summed E-state index contributed by atoms with van der Waals surface area (Å²) in [5.41, 5.74) is 5.49. The van der Waals surface area contributed by atoms with Gasteiger partial charge in [0.1, 0.15) is 5.82 Å². The van der Waals surface area contributed by atoms with Gasteiger partial charge in [-0.2, -0.15) is 18.2 Å². The molecule has 1 aromatic heterocycles. The summed E-state index contributed by atoms with van der Waals surface area (Å²) < 4.78 is 28.1. The summed E-state index contributed by atoms with van der Waals surface area (Å²) in [6.45, 7) is 5.47. The molecule has 0 radical (unpaired) electrons. The largest absolute Gasteiger partial charge is 0.326 e. The predicted molar refractivity (Wildman–Crippen MR) is 61.9 cm³/mol. The Hall–Kier alpha value is -1.12. The lowest BCUT2D eigenvalue weighted by atomic mass is 10.1. The molecule has 0 aliphatic heterocycles. The summed E-state index contributed by atoms with van der Waals surface area (Å²) in [5, 5.41) is 6.25. The van der Waals surface area contributed by atoms with Crippen molar-refractivity contribution in [3.8, 4) is 0 Å². The van der Waals surface area contributed by atoms with E-state index in [4.69, 9.17) is 5.73 Å². The fourth-order valence-corrected chi connectivity index (χ4v) is 2.42. The summed E-state index contributed by atoms with van der Waals surface area (Å²) in [6.07, 6.45) is 1.48. The van der Waals surface area contributed by atoms with Crippen LogP contribution in [0.4, 0.5) is 5.82 Å².